The molecule has 0 fully saturated rings. The Morgan fingerprint density at radius 2 is 1.90 bits per heavy atom. The molecule has 1 aromatic heterocycles. The second-order valence-corrected chi connectivity index (χ2v) is 8.53. The van der Waals surface area contributed by atoms with E-state index in [4.69, 9.17) is 4.42 Å². The van der Waals surface area contributed by atoms with E-state index in [2.05, 4.69) is 97.5 Å². The summed E-state index contributed by atoms with van der Waals surface area (Å²) in [6.45, 7) is 13.7. The molecule has 168 valence electrons. The van der Waals surface area contributed by atoms with Crippen LogP contribution < -0.4 is 10.6 Å². The van der Waals surface area contributed by atoms with Crippen molar-refractivity contribution < 1.29 is 4.42 Å². The van der Waals surface area contributed by atoms with Gasteiger partial charge in [-0.15, -0.1) is 24.0 Å². The summed E-state index contributed by atoms with van der Waals surface area (Å²) in [6.07, 6.45) is 2.83. The topological polar surface area (TPSA) is 65.7 Å². The van der Waals surface area contributed by atoms with Gasteiger partial charge in [0.25, 0.3) is 0 Å². The number of aromatic nitrogens is 1. The van der Waals surface area contributed by atoms with Gasteiger partial charge in [0, 0.05) is 31.1 Å². The Kier molecular flexibility index (Phi) is 11.4. The Labute approximate surface area is 199 Å². The second kappa shape index (κ2) is 12.9. The zero-order valence-corrected chi connectivity index (χ0v) is 21.6. The van der Waals surface area contributed by atoms with Gasteiger partial charge in [-0.2, -0.15) is 0 Å². The van der Waals surface area contributed by atoms with Crippen LogP contribution in [0.1, 0.15) is 58.3 Å². The van der Waals surface area contributed by atoms with Crippen molar-refractivity contribution in [1.82, 2.24) is 20.5 Å². The standard InChI is InChI=1S/C23H37N5O.HI/c1-7-24-22(27-16-21-26-15-20(29-21)23(3,4)5)25-14-13-18(2)28(6)17-19-11-9-8-10-12-19;/h8-12,15,18H,7,13-14,16-17H2,1-6H3,(H2,24,25,27);1H. The largest absolute Gasteiger partial charge is 0.443 e. The maximum absolute atomic E-state index is 5.83. The van der Waals surface area contributed by atoms with Gasteiger partial charge in [0.05, 0.1) is 6.20 Å². The van der Waals surface area contributed by atoms with E-state index in [9.17, 15) is 0 Å². The number of benzene rings is 1. The van der Waals surface area contributed by atoms with Crippen LogP contribution in [0.5, 0.6) is 0 Å². The molecule has 1 heterocycles. The first-order valence-corrected chi connectivity index (χ1v) is 10.5. The highest BCUT2D eigenvalue weighted by atomic mass is 127. The predicted molar refractivity (Wildman–Crippen MR) is 135 cm³/mol. The lowest BCUT2D eigenvalue weighted by Gasteiger charge is -2.25. The van der Waals surface area contributed by atoms with Crippen LogP contribution in [0, 0.1) is 0 Å². The highest BCUT2D eigenvalue weighted by molar-refractivity contribution is 14.0. The van der Waals surface area contributed by atoms with Gasteiger partial charge in [-0.05, 0) is 32.9 Å². The monoisotopic (exact) mass is 527 g/mol. The van der Waals surface area contributed by atoms with Gasteiger partial charge < -0.3 is 15.1 Å². The van der Waals surface area contributed by atoms with E-state index in [1.54, 1.807) is 6.20 Å². The van der Waals surface area contributed by atoms with Gasteiger partial charge in [0.1, 0.15) is 12.3 Å². The van der Waals surface area contributed by atoms with E-state index < -0.39 is 0 Å². The van der Waals surface area contributed by atoms with Gasteiger partial charge in [-0.1, -0.05) is 51.1 Å². The summed E-state index contributed by atoms with van der Waals surface area (Å²) in [5, 5.41) is 6.71. The van der Waals surface area contributed by atoms with E-state index in [1.807, 2.05) is 0 Å². The average molecular weight is 527 g/mol. The van der Waals surface area contributed by atoms with Crippen molar-refractivity contribution >= 4 is 29.9 Å². The van der Waals surface area contributed by atoms with Crippen molar-refractivity contribution in [3.05, 3.63) is 53.7 Å². The first-order valence-electron chi connectivity index (χ1n) is 10.5. The summed E-state index contributed by atoms with van der Waals surface area (Å²) in [6, 6.07) is 11.0. The molecule has 0 aliphatic rings. The third kappa shape index (κ3) is 9.04. The van der Waals surface area contributed by atoms with Crippen LogP contribution in [0.25, 0.3) is 0 Å². The summed E-state index contributed by atoms with van der Waals surface area (Å²) in [7, 11) is 2.17. The van der Waals surface area contributed by atoms with Crippen LogP contribution >= 0.6 is 24.0 Å². The smallest absolute Gasteiger partial charge is 0.216 e. The van der Waals surface area contributed by atoms with Gasteiger partial charge in [-0.25, -0.2) is 9.98 Å². The van der Waals surface area contributed by atoms with Crippen molar-refractivity contribution in [2.75, 3.05) is 20.1 Å². The van der Waals surface area contributed by atoms with Crippen LogP contribution in [0.2, 0.25) is 0 Å². The summed E-state index contributed by atoms with van der Waals surface area (Å²) in [5.41, 5.74) is 1.30. The lowest BCUT2D eigenvalue weighted by Crippen LogP contribution is -2.40. The van der Waals surface area contributed by atoms with Crippen molar-refractivity contribution in [3.8, 4) is 0 Å². The molecule has 2 N–H and O–H groups in total. The minimum absolute atomic E-state index is 0. The predicted octanol–water partition coefficient (Wildman–Crippen LogP) is 4.56. The highest BCUT2D eigenvalue weighted by Gasteiger charge is 2.19. The molecule has 30 heavy (non-hydrogen) atoms. The number of aliphatic imine (C=N–C) groups is 1. The van der Waals surface area contributed by atoms with Gasteiger partial charge in [-0.3, -0.25) is 4.90 Å². The molecule has 0 radical (unpaired) electrons. The zero-order valence-electron chi connectivity index (χ0n) is 19.2. The Hall–Kier alpha value is -1.61. The van der Waals surface area contributed by atoms with Crippen molar-refractivity contribution in [2.24, 2.45) is 4.99 Å². The maximum atomic E-state index is 5.83. The fourth-order valence-electron chi connectivity index (χ4n) is 2.87. The molecule has 0 amide bonds. The molecule has 6 nitrogen and oxygen atoms in total. The molecule has 1 unspecified atom stereocenters. The Morgan fingerprint density at radius 1 is 1.20 bits per heavy atom. The average Bonchev–Trinajstić information content (AvgIpc) is 3.16. The van der Waals surface area contributed by atoms with E-state index in [1.165, 1.54) is 5.56 Å². The third-order valence-corrected chi connectivity index (χ3v) is 4.89. The SMILES string of the molecule is CCNC(=NCc1ncc(C(C)(C)C)o1)NCCC(C)N(C)Cc1ccccc1.I. The number of hydrogen-bond acceptors (Lipinski definition) is 4. The van der Waals surface area contributed by atoms with Crippen LogP contribution in [0.3, 0.4) is 0 Å². The molecule has 2 rings (SSSR count). The fourth-order valence-corrected chi connectivity index (χ4v) is 2.87. The minimum Gasteiger partial charge on any atom is -0.443 e. The van der Waals surface area contributed by atoms with Crippen molar-refractivity contribution in [2.45, 2.75) is 65.6 Å². The van der Waals surface area contributed by atoms with Gasteiger partial charge in [0.15, 0.2) is 5.96 Å². The first kappa shape index (κ1) is 26.4. The quantitative estimate of drug-likeness (QED) is 0.285. The summed E-state index contributed by atoms with van der Waals surface area (Å²) >= 11 is 0. The van der Waals surface area contributed by atoms with Crippen molar-refractivity contribution in [1.29, 1.82) is 0 Å². The first-order chi connectivity index (χ1) is 13.8. The van der Waals surface area contributed by atoms with E-state index >= 15 is 0 Å². The number of rotatable bonds is 9. The molecule has 1 atom stereocenters. The summed E-state index contributed by atoms with van der Waals surface area (Å²) in [4.78, 5) is 11.3. The van der Waals surface area contributed by atoms with Crippen molar-refractivity contribution in [3.63, 3.8) is 0 Å². The Bertz CT molecular complexity index is 754. The van der Waals surface area contributed by atoms with Crippen LogP contribution in [0.15, 0.2) is 45.9 Å². The van der Waals surface area contributed by atoms with E-state index in [-0.39, 0.29) is 29.4 Å². The lowest BCUT2D eigenvalue weighted by molar-refractivity contribution is 0.238. The molecule has 0 saturated carbocycles. The summed E-state index contributed by atoms with van der Waals surface area (Å²) < 4.78 is 5.83. The highest BCUT2D eigenvalue weighted by Crippen LogP contribution is 2.22. The maximum Gasteiger partial charge on any atom is 0.216 e. The number of oxazole rings is 1. The number of nitrogens with zero attached hydrogens (tertiary/aromatic N) is 3. The minimum atomic E-state index is -0.0420. The third-order valence-electron chi connectivity index (χ3n) is 4.89. The normalized spacial score (nSPS) is 13.1. The zero-order chi connectivity index (χ0) is 21.3. The molecule has 1 aromatic carbocycles. The van der Waals surface area contributed by atoms with E-state index in [0.29, 0.717) is 18.5 Å². The molecule has 0 aliphatic heterocycles. The summed E-state index contributed by atoms with van der Waals surface area (Å²) in [5.74, 6) is 2.32. The molecule has 0 bridgehead atoms. The van der Waals surface area contributed by atoms with Crippen LogP contribution in [-0.4, -0.2) is 42.0 Å². The molecule has 2 aromatic rings. The van der Waals surface area contributed by atoms with Crippen LogP contribution in [0.4, 0.5) is 0 Å². The molecular weight excluding hydrogens is 489 g/mol. The number of hydrogen-bond donors (Lipinski definition) is 2. The molecule has 0 saturated heterocycles. The fraction of sp³-hybridized carbons (Fsp3) is 0.565. The van der Waals surface area contributed by atoms with Crippen LogP contribution in [-0.2, 0) is 18.5 Å². The molecular formula is C23H38IN5O. The van der Waals surface area contributed by atoms with Gasteiger partial charge in [0.2, 0.25) is 5.89 Å². The second-order valence-electron chi connectivity index (χ2n) is 8.53. The number of nitrogens with one attached hydrogen (secondary N) is 2. The Balaban J connectivity index is 0.00000450. The number of guanidine groups is 1. The van der Waals surface area contributed by atoms with Gasteiger partial charge >= 0.3 is 0 Å². The lowest BCUT2D eigenvalue weighted by atomic mass is 9.94. The molecule has 0 spiro atoms. The molecule has 0 aliphatic carbocycles. The number of halogens is 1. The van der Waals surface area contributed by atoms with E-state index in [0.717, 1.165) is 37.8 Å². The Morgan fingerprint density at radius 3 is 2.50 bits per heavy atom. The molecule has 7 heteroatoms.